The molecule has 0 aliphatic heterocycles. The van der Waals surface area contributed by atoms with E-state index in [0.717, 1.165) is 0 Å². The third kappa shape index (κ3) is 3.47. The first kappa shape index (κ1) is 14.0. The van der Waals surface area contributed by atoms with Gasteiger partial charge in [-0.2, -0.15) is 13.2 Å². The highest BCUT2D eigenvalue weighted by Crippen LogP contribution is 2.15. The Morgan fingerprint density at radius 3 is 2.44 bits per heavy atom. The first-order valence-corrected chi connectivity index (χ1v) is 4.89. The Morgan fingerprint density at radius 1 is 1.33 bits per heavy atom. The maximum atomic E-state index is 11.9. The number of benzene rings is 1. The normalized spacial score (nSPS) is 11.1. The van der Waals surface area contributed by atoms with Crippen LogP contribution in [0.25, 0.3) is 0 Å². The summed E-state index contributed by atoms with van der Waals surface area (Å²) >= 11 is 0. The molecular weight excluding hydrogens is 251 g/mol. The second-order valence-electron chi connectivity index (χ2n) is 3.63. The molecule has 0 bridgehead atoms. The molecule has 0 saturated carbocycles. The zero-order chi connectivity index (χ0) is 13.9. The number of hydrogen-bond acceptors (Lipinski definition) is 2. The molecule has 98 valence electrons. The SMILES string of the molecule is Cc1ccc(CNC(=O)C(F)(F)F)cc1C(=O)O. The van der Waals surface area contributed by atoms with Gasteiger partial charge in [-0.05, 0) is 24.1 Å². The fraction of sp³-hybridized carbons (Fsp3) is 0.273. The van der Waals surface area contributed by atoms with Crippen LogP contribution in [0.4, 0.5) is 13.2 Å². The largest absolute Gasteiger partial charge is 0.478 e. The van der Waals surface area contributed by atoms with Gasteiger partial charge in [0.25, 0.3) is 0 Å². The maximum Gasteiger partial charge on any atom is 0.471 e. The van der Waals surface area contributed by atoms with E-state index >= 15 is 0 Å². The molecule has 1 amide bonds. The summed E-state index contributed by atoms with van der Waals surface area (Å²) in [6.45, 7) is 1.19. The topological polar surface area (TPSA) is 66.4 Å². The Bertz CT molecular complexity index is 483. The molecule has 0 unspecified atom stereocenters. The zero-order valence-electron chi connectivity index (χ0n) is 9.34. The Balaban J connectivity index is 2.78. The van der Waals surface area contributed by atoms with Crippen molar-refractivity contribution in [3.05, 3.63) is 34.9 Å². The van der Waals surface area contributed by atoms with E-state index in [9.17, 15) is 22.8 Å². The monoisotopic (exact) mass is 261 g/mol. The molecule has 2 N–H and O–H groups in total. The van der Waals surface area contributed by atoms with E-state index in [-0.39, 0.29) is 17.7 Å². The number of amides is 1. The van der Waals surface area contributed by atoms with Gasteiger partial charge in [0.05, 0.1) is 5.56 Å². The molecule has 0 radical (unpaired) electrons. The van der Waals surface area contributed by atoms with Gasteiger partial charge in [-0.25, -0.2) is 4.79 Å². The molecule has 0 spiro atoms. The number of hydrogen-bond donors (Lipinski definition) is 2. The molecule has 0 heterocycles. The fourth-order valence-corrected chi connectivity index (χ4v) is 1.29. The number of aromatic carboxylic acids is 1. The molecule has 7 heteroatoms. The molecule has 0 aromatic heterocycles. The molecule has 0 aliphatic rings. The van der Waals surface area contributed by atoms with E-state index in [1.807, 2.05) is 0 Å². The van der Waals surface area contributed by atoms with Gasteiger partial charge in [0.15, 0.2) is 0 Å². The third-order valence-electron chi connectivity index (χ3n) is 2.24. The van der Waals surface area contributed by atoms with Crippen molar-refractivity contribution in [3.8, 4) is 0 Å². The van der Waals surface area contributed by atoms with Crippen molar-refractivity contribution in [2.45, 2.75) is 19.6 Å². The zero-order valence-corrected chi connectivity index (χ0v) is 9.34. The minimum Gasteiger partial charge on any atom is -0.478 e. The number of carbonyl (C=O) groups excluding carboxylic acids is 1. The summed E-state index contributed by atoms with van der Waals surface area (Å²) < 4.78 is 35.8. The van der Waals surface area contributed by atoms with Crippen molar-refractivity contribution in [3.63, 3.8) is 0 Å². The summed E-state index contributed by atoms with van der Waals surface area (Å²) in [5.41, 5.74) is 0.776. The molecule has 1 rings (SSSR count). The highest BCUT2D eigenvalue weighted by molar-refractivity contribution is 5.89. The van der Waals surface area contributed by atoms with Crippen LogP contribution in [-0.4, -0.2) is 23.2 Å². The number of rotatable bonds is 3. The molecule has 1 aromatic carbocycles. The van der Waals surface area contributed by atoms with E-state index in [1.54, 1.807) is 12.2 Å². The number of carboxylic acids is 1. The first-order chi connectivity index (χ1) is 8.21. The summed E-state index contributed by atoms with van der Waals surface area (Å²) in [4.78, 5) is 21.4. The van der Waals surface area contributed by atoms with Crippen LogP contribution in [0, 0.1) is 6.92 Å². The van der Waals surface area contributed by atoms with E-state index in [0.29, 0.717) is 5.56 Å². The van der Waals surface area contributed by atoms with Crippen molar-refractivity contribution in [1.82, 2.24) is 5.32 Å². The van der Waals surface area contributed by atoms with Crippen LogP contribution in [0.2, 0.25) is 0 Å². The summed E-state index contributed by atoms with van der Waals surface area (Å²) in [5.74, 6) is -3.23. The predicted octanol–water partition coefficient (Wildman–Crippen LogP) is 1.87. The maximum absolute atomic E-state index is 11.9. The molecule has 1 aromatic rings. The minimum atomic E-state index is -4.94. The third-order valence-corrected chi connectivity index (χ3v) is 2.24. The average molecular weight is 261 g/mol. The quantitative estimate of drug-likeness (QED) is 0.872. The fourth-order valence-electron chi connectivity index (χ4n) is 1.29. The Hall–Kier alpha value is -2.05. The lowest BCUT2D eigenvalue weighted by Crippen LogP contribution is -2.36. The highest BCUT2D eigenvalue weighted by atomic mass is 19.4. The van der Waals surface area contributed by atoms with Crippen LogP contribution in [0.3, 0.4) is 0 Å². The van der Waals surface area contributed by atoms with E-state index in [2.05, 4.69) is 0 Å². The molecule has 4 nitrogen and oxygen atoms in total. The number of alkyl halides is 3. The van der Waals surface area contributed by atoms with Crippen LogP contribution in [0.15, 0.2) is 18.2 Å². The first-order valence-electron chi connectivity index (χ1n) is 4.89. The Kier molecular flexibility index (Phi) is 3.95. The van der Waals surface area contributed by atoms with Gasteiger partial charge in [0, 0.05) is 6.54 Å². The second kappa shape index (κ2) is 5.07. The van der Waals surface area contributed by atoms with E-state index < -0.39 is 18.1 Å². The summed E-state index contributed by atoms with van der Waals surface area (Å²) in [5, 5.41) is 10.5. The smallest absolute Gasteiger partial charge is 0.471 e. The number of carboxylic acid groups (broad SMARTS) is 1. The molecule has 0 saturated heterocycles. The highest BCUT2D eigenvalue weighted by Gasteiger charge is 2.38. The Morgan fingerprint density at radius 2 is 1.94 bits per heavy atom. The molecule has 0 fully saturated rings. The van der Waals surface area contributed by atoms with Crippen LogP contribution < -0.4 is 5.32 Å². The number of aryl methyl sites for hydroxylation is 1. The van der Waals surface area contributed by atoms with Gasteiger partial charge in [-0.3, -0.25) is 4.79 Å². The van der Waals surface area contributed by atoms with Crippen LogP contribution >= 0.6 is 0 Å². The molecule has 0 aliphatic carbocycles. The number of halogens is 3. The van der Waals surface area contributed by atoms with Crippen LogP contribution in [-0.2, 0) is 11.3 Å². The summed E-state index contributed by atoms with van der Waals surface area (Å²) in [6, 6.07) is 4.16. The lowest BCUT2D eigenvalue weighted by atomic mass is 10.1. The lowest BCUT2D eigenvalue weighted by Gasteiger charge is -2.09. The molecule has 18 heavy (non-hydrogen) atoms. The van der Waals surface area contributed by atoms with Gasteiger partial charge in [-0.15, -0.1) is 0 Å². The minimum absolute atomic E-state index is 0.00578. The number of nitrogens with one attached hydrogen (secondary N) is 1. The van der Waals surface area contributed by atoms with Crippen LogP contribution in [0.1, 0.15) is 21.5 Å². The second-order valence-corrected chi connectivity index (χ2v) is 3.63. The lowest BCUT2D eigenvalue weighted by molar-refractivity contribution is -0.173. The van der Waals surface area contributed by atoms with Crippen LogP contribution in [0.5, 0.6) is 0 Å². The van der Waals surface area contributed by atoms with Crippen molar-refractivity contribution in [2.75, 3.05) is 0 Å². The van der Waals surface area contributed by atoms with E-state index in [4.69, 9.17) is 5.11 Å². The van der Waals surface area contributed by atoms with Gasteiger partial charge in [-0.1, -0.05) is 12.1 Å². The van der Waals surface area contributed by atoms with E-state index in [1.165, 1.54) is 18.2 Å². The predicted molar refractivity (Wildman–Crippen MR) is 56.0 cm³/mol. The van der Waals surface area contributed by atoms with Crippen molar-refractivity contribution >= 4 is 11.9 Å². The summed E-state index contributed by atoms with van der Waals surface area (Å²) in [6.07, 6.45) is -4.94. The Labute approximate surface area is 100 Å². The molecular formula is C11H10F3NO3. The average Bonchev–Trinajstić information content (AvgIpc) is 2.25. The van der Waals surface area contributed by atoms with Crippen molar-refractivity contribution < 1.29 is 27.9 Å². The van der Waals surface area contributed by atoms with Gasteiger partial charge in [0.2, 0.25) is 0 Å². The molecule has 0 atom stereocenters. The standard InChI is InChI=1S/C11H10F3NO3/c1-6-2-3-7(4-8(6)9(16)17)5-15-10(18)11(12,13)14/h2-4H,5H2,1H3,(H,15,18)(H,16,17). The van der Waals surface area contributed by atoms with Gasteiger partial charge < -0.3 is 10.4 Å². The van der Waals surface area contributed by atoms with Crippen molar-refractivity contribution in [1.29, 1.82) is 0 Å². The number of carbonyl (C=O) groups is 2. The van der Waals surface area contributed by atoms with Crippen molar-refractivity contribution in [2.24, 2.45) is 0 Å². The van der Waals surface area contributed by atoms with Gasteiger partial charge >= 0.3 is 18.1 Å². The van der Waals surface area contributed by atoms with Gasteiger partial charge in [0.1, 0.15) is 0 Å². The summed E-state index contributed by atoms with van der Waals surface area (Å²) in [7, 11) is 0.